The van der Waals surface area contributed by atoms with Gasteiger partial charge in [0.2, 0.25) is 0 Å². The van der Waals surface area contributed by atoms with E-state index in [-0.39, 0.29) is 0 Å². The molecule has 78 valence electrons. The molecule has 0 atom stereocenters. The molecule has 0 aromatic rings. The van der Waals surface area contributed by atoms with Crippen molar-refractivity contribution in [3.8, 4) is 0 Å². The normalized spacial score (nSPS) is 15.4. The Hall–Kier alpha value is -1.38. The van der Waals surface area contributed by atoms with Crippen molar-refractivity contribution >= 4 is 0 Å². The van der Waals surface area contributed by atoms with Crippen LogP contribution in [-0.2, 0) is 0 Å². The molecule has 0 bridgehead atoms. The van der Waals surface area contributed by atoms with E-state index >= 15 is 0 Å². The molecule has 2 N–H and O–H groups in total. The Morgan fingerprint density at radius 2 is 2.29 bits per heavy atom. The van der Waals surface area contributed by atoms with E-state index in [1.165, 1.54) is 12.1 Å². The Balaban J connectivity index is 2.50. The van der Waals surface area contributed by atoms with Crippen LogP contribution in [0.4, 0.5) is 0 Å². The van der Waals surface area contributed by atoms with E-state index in [4.69, 9.17) is 0 Å². The van der Waals surface area contributed by atoms with E-state index in [2.05, 4.69) is 23.3 Å². The monoisotopic (exact) mass is 193 g/mol. The van der Waals surface area contributed by atoms with E-state index in [9.17, 15) is 0 Å². The van der Waals surface area contributed by atoms with Crippen molar-refractivity contribution in [2.45, 2.75) is 19.8 Å². The average molecular weight is 193 g/mol. The van der Waals surface area contributed by atoms with Crippen LogP contribution in [0.2, 0.25) is 0 Å². The molecule has 0 saturated carbocycles. The second-order valence-corrected chi connectivity index (χ2v) is 3.32. The Labute approximate surface area is 86.2 Å². The molecule has 1 rings (SSSR count). The molecule has 0 unspecified atom stereocenters. The van der Waals surface area contributed by atoms with Crippen molar-refractivity contribution in [1.82, 2.24) is 15.5 Å². The zero-order valence-electron chi connectivity index (χ0n) is 9.22. The third-order valence-electron chi connectivity index (χ3n) is 2.41. The van der Waals surface area contributed by atoms with Gasteiger partial charge in [-0.25, -0.2) is 0 Å². The van der Waals surface area contributed by atoms with Crippen LogP contribution >= 0.6 is 0 Å². The van der Waals surface area contributed by atoms with Crippen LogP contribution < -0.4 is 10.6 Å². The molecule has 0 heterocycles. The number of hydrogen-bond acceptors (Lipinski definition) is 3. The summed E-state index contributed by atoms with van der Waals surface area (Å²) in [5.74, 6) is 1.95. The summed E-state index contributed by atoms with van der Waals surface area (Å²) in [6, 6.07) is 0. The van der Waals surface area contributed by atoms with Gasteiger partial charge in [-0.1, -0.05) is 12.7 Å². The topological polar surface area (TPSA) is 27.3 Å². The highest BCUT2D eigenvalue weighted by Gasteiger charge is 2.10. The first kappa shape index (κ1) is 10.7. The van der Waals surface area contributed by atoms with Gasteiger partial charge in [0.25, 0.3) is 0 Å². The molecule has 0 aromatic carbocycles. The molecule has 0 radical (unpaired) electrons. The van der Waals surface area contributed by atoms with Crippen molar-refractivity contribution in [3.63, 3.8) is 0 Å². The second-order valence-electron chi connectivity index (χ2n) is 3.32. The molecular formula is C11H19N3. The van der Waals surface area contributed by atoms with E-state index in [0.717, 1.165) is 18.1 Å². The van der Waals surface area contributed by atoms with Gasteiger partial charge in [-0.3, -0.25) is 0 Å². The largest absolute Gasteiger partial charge is 0.375 e. The zero-order chi connectivity index (χ0) is 10.6. The van der Waals surface area contributed by atoms with Crippen LogP contribution in [0.25, 0.3) is 0 Å². The number of nitrogens with one attached hydrogen (secondary N) is 2. The SMILES string of the molecule is C=C(NC1=CCC1)N(C)/C(=C\C)NC. The summed E-state index contributed by atoms with van der Waals surface area (Å²) in [4.78, 5) is 2.00. The van der Waals surface area contributed by atoms with Crippen molar-refractivity contribution in [2.75, 3.05) is 14.1 Å². The van der Waals surface area contributed by atoms with Gasteiger partial charge in [-0.05, 0) is 25.8 Å². The molecule has 0 aliphatic heterocycles. The van der Waals surface area contributed by atoms with Crippen molar-refractivity contribution in [3.05, 3.63) is 36.1 Å². The number of nitrogens with zero attached hydrogens (tertiary/aromatic N) is 1. The first-order valence-electron chi connectivity index (χ1n) is 4.91. The summed E-state index contributed by atoms with van der Waals surface area (Å²) in [5, 5.41) is 6.39. The summed E-state index contributed by atoms with van der Waals surface area (Å²) in [5.41, 5.74) is 1.27. The quantitative estimate of drug-likeness (QED) is 0.696. The standard InChI is InChI=1S/C11H19N3/c1-5-11(12-3)14(4)9(2)13-10-7-6-8-10/h5,7,12-13H,2,6,8H2,1,3-4H3/b11-5-. The van der Waals surface area contributed by atoms with Gasteiger partial charge in [-0.15, -0.1) is 0 Å². The van der Waals surface area contributed by atoms with E-state index in [1.54, 1.807) is 0 Å². The fourth-order valence-corrected chi connectivity index (χ4v) is 1.32. The van der Waals surface area contributed by atoms with Gasteiger partial charge in [0.15, 0.2) is 0 Å². The highest BCUT2D eigenvalue weighted by molar-refractivity contribution is 5.17. The fraction of sp³-hybridized carbons (Fsp3) is 0.455. The minimum atomic E-state index is 0.901. The van der Waals surface area contributed by atoms with Crippen LogP contribution in [0.3, 0.4) is 0 Å². The Bertz CT molecular complexity index is 276. The molecule has 0 amide bonds. The maximum absolute atomic E-state index is 3.99. The summed E-state index contributed by atoms with van der Waals surface area (Å²) in [6.07, 6.45) is 6.52. The number of hydrogen-bond donors (Lipinski definition) is 2. The maximum atomic E-state index is 3.99. The highest BCUT2D eigenvalue weighted by atomic mass is 15.3. The molecule has 0 saturated heterocycles. The third kappa shape index (κ3) is 2.31. The van der Waals surface area contributed by atoms with Gasteiger partial charge in [0.05, 0.1) is 0 Å². The minimum absolute atomic E-state index is 0.901. The zero-order valence-corrected chi connectivity index (χ0v) is 9.22. The summed E-state index contributed by atoms with van der Waals surface area (Å²) in [7, 11) is 3.89. The lowest BCUT2D eigenvalue weighted by Crippen LogP contribution is -2.32. The maximum Gasteiger partial charge on any atom is 0.103 e. The fourth-order valence-electron chi connectivity index (χ4n) is 1.32. The van der Waals surface area contributed by atoms with Crippen LogP contribution in [0, 0.1) is 0 Å². The smallest absolute Gasteiger partial charge is 0.103 e. The summed E-state index contributed by atoms with van der Waals surface area (Å²) >= 11 is 0. The highest BCUT2D eigenvalue weighted by Crippen LogP contribution is 2.16. The van der Waals surface area contributed by atoms with Crippen molar-refractivity contribution in [2.24, 2.45) is 0 Å². The first-order valence-corrected chi connectivity index (χ1v) is 4.91. The average Bonchev–Trinajstić information content (AvgIpc) is 2.12. The summed E-state index contributed by atoms with van der Waals surface area (Å²) < 4.78 is 0. The van der Waals surface area contributed by atoms with Crippen LogP contribution in [0.5, 0.6) is 0 Å². The summed E-state index contributed by atoms with van der Waals surface area (Å²) in [6.45, 7) is 5.98. The lowest BCUT2D eigenvalue weighted by Gasteiger charge is -2.27. The van der Waals surface area contributed by atoms with Crippen LogP contribution in [0.15, 0.2) is 36.1 Å². The van der Waals surface area contributed by atoms with Gasteiger partial charge < -0.3 is 15.5 Å². The Morgan fingerprint density at radius 1 is 1.64 bits per heavy atom. The van der Waals surface area contributed by atoms with Gasteiger partial charge in [0, 0.05) is 19.8 Å². The van der Waals surface area contributed by atoms with E-state index in [1.807, 2.05) is 32.0 Å². The Kier molecular flexibility index (Phi) is 3.63. The number of allylic oxidation sites excluding steroid dienone is 3. The lowest BCUT2D eigenvalue weighted by atomic mass is 10.1. The van der Waals surface area contributed by atoms with Crippen molar-refractivity contribution in [1.29, 1.82) is 0 Å². The predicted molar refractivity (Wildman–Crippen MR) is 60.2 cm³/mol. The van der Waals surface area contributed by atoms with Gasteiger partial charge >= 0.3 is 0 Å². The lowest BCUT2D eigenvalue weighted by molar-refractivity contribution is 0.449. The predicted octanol–water partition coefficient (Wildman–Crippen LogP) is 1.74. The molecule has 0 spiro atoms. The van der Waals surface area contributed by atoms with E-state index in [0.29, 0.717) is 0 Å². The molecule has 1 aliphatic carbocycles. The molecule has 0 aromatic heterocycles. The van der Waals surface area contributed by atoms with Crippen LogP contribution in [0.1, 0.15) is 19.8 Å². The van der Waals surface area contributed by atoms with E-state index < -0.39 is 0 Å². The molecule has 1 aliphatic rings. The molecule has 3 nitrogen and oxygen atoms in total. The van der Waals surface area contributed by atoms with Gasteiger partial charge in [0.1, 0.15) is 11.6 Å². The molecular weight excluding hydrogens is 174 g/mol. The van der Waals surface area contributed by atoms with Crippen LogP contribution in [-0.4, -0.2) is 19.0 Å². The minimum Gasteiger partial charge on any atom is -0.375 e. The second kappa shape index (κ2) is 4.74. The first-order chi connectivity index (χ1) is 6.69. The molecule has 3 heteroatoms. The van der Waals surface area contributed by atoms with Crippen molar-refractivity contribution < 1.29 is 0 Å². The Morgan fingerprint density at radius 3 is 2.64 bits per heavy atom. The third-order valence-corrected chi connectivity index (χ3v) is 2.41. The van der Waals surface area contributed by atoms with Gasteiger partial charge in [-0.2, -0.15) is 0 Å². The number of rotatable bonds is 5. The molecule has 0 fully saturated rings. The molecule has 14 heavy (non-hydrogen) atoms.